The van der Waals surface area contributed by atoms with Gasteiger partial charge in [0.25, 0.3) is 0 Å². The van der Waals surface area contributed by atoms with Gasteiger partial charge in [0.05, 0.1) is 0 Å². The Morgan fingerprint density at radius 2 is 2.07 bits per heavy atom. The van der Waals surface area contributed by atoms with Crippen molar-refractivity contribution >= 4 is 11.6 Å². The average molecular weight is 220 g/mol. The largest absolute Gasteiger partial charge is 0.206 e. The number of hydrogen-bond acceptors (Lipinski definition) is 0. The SMILES string of the molecule is Cc1cc(Cl)cc(-c2[c]cccc2F)c1. The molecule has 0 saturated heterocycles. The highest BCUT2D eigenvalue weighted by Gasteiger charge is 2.05. The third-order valence-electron chi connectivity index (χ3n) is 2.14. The van der Waals surface area contributed by atoms with E-state index in [4.69, 9.17) is 11.6 Å². The number of benzene rings is 2. The van der Waals surface area contributed by atoms with Crippen LogP contribution in [0.2, 0.25) is 5.02 Å². The zero-order valence-corrected chi connectivity index (χ0v) is 8.98. The molecule has 1 radical (unpaired) electrons. The van der Waals surface area contributed by atoms with Gasteiger partial charge in [-0.05, 0) is 42.3 Å². The lowest BCUT2D eigenvalue weighted by Crippen LogP contribution is -1.85. The van der Waals surface area contributed by atoms with Crippen LogP contribution in [0.1, 0.15) is 5.56 Å². The van der Waals surface area contributed by atoms with Crippen molar-refractivity contribution in [3.05, 3.63) is 58.9 Å². The smallest absolute Gasteiger partial charge is 0.131 e. The molecular weight excluding hydrogens is 211 g/mol. The van der Waals surface area contributed by atoms with Crippen LogP contribution in [0.15, 0.2) is 36.4 Å². The molecule has 0 aliphatic rings. The molecular formula is C13H9ClF. The first-order valence-electron chi connectivity index (χ1n) is 4.60. The van der Waals surface area contributed by atoms with E-state index in [1.165, 1.54) is 6.07 Å². The molecule has 0 bridgehead atoms. The maximum Gasteiger partial charge on any atom is 0.131 e. The Balaban J connectivity index is 2.59. The van der Waals surface area contributed by atoms with E-state index in [0.29, 0.717) is 10.6 Å². The summed E-state index contributed by atoms with van der Waals surface area (Å²) in [6.07, 6.45) is 0. The van der Waals surface area contributed by atoms with Gasteiger partial charge in [-0.1, -0.05) is 29.8 Å². The fourth-order valence-corrected chi connectivity index (χ4v) is 1.81. The van der Waals surface area contributed by atoms with Crippen molar-refractivity contribution in [1.82, 2.24) is 0 Å². The Morgan fingerprint density at radius 1 is 1.27 bits per heavy atom. The van der Waals surface area contributed by atoms with Crippen molar-refractivity contribution in [3.63, 3.8) is 0 Å². The van der Waals surface area contributed by atoms with Gasteiger partial charge in [-0.3, -0.25) is 0 Å². The standard InChI is InChI=1S/C13H9ClF/c1-9-6-10(8-11(14)7-9)12-4-2-3-5-13(12)15/h2-3,5-8H,1H3. The van der Waals surface area contributed by atoms with Crippen LogP contribution >= 0.6 is 11.6 Å². The lowest BCUT2D eigenvalue weighted by molar-refractivity contribution is 0.631. The van der Waals surface area contributed by atoms with Crippen molar-refractivity contribution in [2.24, 2.45) is 0 Å². The number of aryl methyl sites for hydroxylation is 1. The van der Waals surface area contributed by atoms with E-state index in [2.05, 4.69) is 6.07 Å². The molecule has 2 aromatic carbocycles. The minimum absolute atomic E-state index is 0.279. The number of rotatable bonds is 1. The first-order chi connectivity index (χ1) is 7.16. The van der Waals surface area contributed by atoms with Gasteiger partial charge < -0.3 is 0 Å². The molecule has 75 valence electrons. The second kappa shape index (κ2) is 4.03. The first-order valence-corrected chi connectivity index (χ1v) is 4.98. The maximum atomic E-state index is 13.5. The van der Waals surface area contributed by atoms with Crippen LogP contribution in [-0.4, -0.2) is 0 Å². The summed E-state index contributed by atoms with van der Waals surface area (Å²) in [6, 6.07) is 13.1. The lowest BCUT2D eigenvalue weighted by Gasteiger charge is -2.04. The summed E-state index contributed by atoms with van der Waals surface area (Å²) < 4.78 is 13.5. The number of hydrogen-bond donors (Lipinski definition) is 0. The third-order valence-corrected chi connectivity index (χ3v) is 2.35. The molecule has 0 atom stereocenters. The summed E-state index contributed by atoms with van der Waals surface area (Å²) in [7, 11) is 0. The van der Waals surface area contributed by atoms with Crippen LogP contribution in [-0.2, 0) is 0 Å². The fourth-order valence-electron chi connectivity index (χ4n) is 1.52. The highest BCUT2D eigenvalue weighted by molar-refractivity contribution is 6.30. The minimum atomic E-state index is -0.279. The van der Waals surface area contributed by atoms with Crippen molar-refractivity contribution < 1.29 is 4.39 Å². The lowest BCUT2D eigenvalue weighted by atomic mass is 10.0. The molecule has 2 rings (SSSR count). The van der Waals surface area contributed by atoms with E-state index >= 15 is 0 Å². The molecule has 0 unspecified atom stereocenters. The van der Waals surface area contributed by atoms with Crippen LogP contribution in [0, 0.1) is 18.8 Å². The van der Waals surface area contributed by atoms with Crippen molar-refractivity contribution in [2.75, 3.05) is 0 Å². The average Bonchev–Trinajstić information content (AvgIpc) is 2.16. The van der Waals surface area contributed by atoms with Gasteiger partial charge in [0.2, 0.25) is 0 Å². The van der Waals surface area contributed by atoms with Gasteiger partial charge in [-0.2, -0.15) is 0 Å². The zero-order valence-electron chi connectivity index (χ0n) is 8.22. The summed E-state index contributed by atoms with van der Waals surface area (Å²) in [5.74, 6) is -0.279. The van der Waals surface area contributed by atoms with Crippen LogP contribution in [0.25, 0.3) is 11.1 Å². The van der Waals surface area contributed by atoms with Crippen LogP contribution in [0.3, 0.4) is 0 Å². The Hall–Kier alpha value is -1.34. The molecule has 0 aliphatic heterocycles. The zero-order chi connectivity index (χ0) is 10.8. The van der Waals surface area contributed by atoms with Gasteiger partial charge >= 0.3 is 0 Å². The summed E-state index contributed by atoms with van der Waals surface area (Å²) in [4.78, 5) is 0. The topological polar surface area (TPSA) is 0 Å². The van der Waals surface area contributed by atoms with E-state index in [9.17, 15) is 4.39 Å². The second-order valence-corrected chi connectivity index (χ2v) is 3.85. The van der Waals surface area contributed by atoms with E-state index in [1.54, 1.807) is 18.2 Å². The first kappa shape index (κ1) is 10.2. The van der Waals surface area contributed by atoms with Gasteiger partial charge in [-0.15, -0.1) is 0 Å². The molecule has 0 aliphatic carbocycles. The van der Waals surface area contributed by atoms with Gasteiger partial charge in [0, 0.05) is 10.6 Å². The molecule has 2 heteroatoms. The highest BCUT2D eigenvalue weighted by Crippen LogP contribution is 2.26. The highest BCUT2D eigenvalue weighted by atomic mass is 35.5. The van der Waals surface area contributed by atoms with Crippen molar-refractivity contribution in [2.45, 2.75) is 6.92 Å². The van der Waals surface area contributed by atoms with Crippen LogP contribution < -0.4 is 0 Å². The van der Waals surface area contributed by atoms with Gasteiger partial charge in [-0.25, -0.2) is 4.39 Å². The molecule has 0 amide bonds. The molecule has 0 saturated carbocycles. The molecule has 0 N–H and O–H groups in total. The molecule has 2 aromatic rings. The Morgan fingerprint density at radius 3 is 2.73 bits per heavy atom. The normalized spacial score (nSPS) is 10.3. The molecule has 0 nitrogen and oxygen atoms in total. The quantitative estimate of drug-likeness (QED) is 0.673. The Labute approximate surface area is 93.3 Å². The molecule has 15 heavy (non-hydrogen) atoms. The van der Waals surface area contributed by atoms with Crippen LogP contribution in [0.4, 0.5) is 4.39 Å². The van der Waals surface area contributed by atoms with E-state index < -0.39 is 0 Å². The molecule has 0 aromatic heterocycles. The molecule has 0 fully saturated rings. The third kappa shape index (κ3) is 2.18. The summed E-state index contributed by atoms with van der Waals surface area (Å²) in [5.41, 5.74) is 2.23. The van der Waals surface area contributed by atoms with Crippen molar-refractivity contribution in [1.29, 1.82) is 0 Å². The second-order valence-electron chi connectivity index (χ2n) is 3.41. The van der Waals surface area contributed by atoms with Crippen molar-refractivity contribution in [3.8, 4) is 11.1 Å². The van der Waals surface area contributed by atoms with E-state index in [1.807, 2.05) is 19.1 Å². The van der Waals surface area contributed by atoms with Crippen LogP contribution in [0.5, 0.6) is 0 Å². The van der Waals surface area contributed by atoms with Gasteiger partial charge in [0.15, 0.2) is 0 Å². The van der Waals surface area contributed by atoms with E-state index in [-0.39, 0.29) is 5.82 Å². The molecule has 0 spiro atoms. The predicted octanol–water partition coefficient (Wildman–Crippen LogP) is 4.25. The predicted molar refractivity (Wildman–Crippen MR) is 60.4 cm³/mol. The minimum Gasteiger partial charge on any atom is -0.206 e. The Bertz CT molecular complexity index is 471. The summed E-state index contributed by atoms with van der Waals surface area (Å²) in [6.45, 7) is 1.93. The monoisotopic (exact) mass is 219 g/mol. The summed E-state index contributed by atoms with van der Waals surface area (Å²) in [5, 5.41) is 0.613. The molecule has 0 heterocycles. The Kier molecular flexibility index (Phi) is 2.74. The maximum absolute atomic E-state index is 13.5. The van der Waals surface area contributed by atoms with Gasteiger partial charge in [0.1, 0.15) is 5.82 Å². The van der Waals surface area contributed by atoms with E-state index in [0.717, 1.165) is 11.1 Å². The number of halogens is 2. The fraction of sp³-hybridized carbons (Fsp3) is 0.0769. The summed E-state index contributed by atoms with van der Waals surface area (Å²) >= 11 is 5.92.